The highest BCUT2D eigenvalue weighted by molar-refractivity contribution is 5.24. The first-order valence-corrected chi connectivity index (χ1v) is 5.64. The molecule has 0 atom stereocenters. The van der Waals surface area contributed by atoms with Crippen molar-refractivity contribution in [3.63, 3.8) is 0 Å². The molecule has 1 aromatic rings. The van der Waals surface area contributed by atoms with E-state index in [1.807, 2.05) is 19.1 Å². The van der Waals surface area contributed by atoms with Gasteiger partial charge in [-0.2, -0.15) is 0 Å². The van der Waals surface area contributed by atoms with Gasteiger partial charge in [-0.3, -0.25) is 0 Å². The quantitative estimate of drug-likeness (QED) is 0.715. The predicted molar refractivity (Wildman–Crippen MR) is 63.5 cm³/mol. The lowest BCUT2D eigenvalue weighted by Crippen LogP contribution is -2.09. The highest BCUT2D eigenvalue weighted by Crippen LogP contribution is 2.11. The van der Waals surface area contributed by atoms with E-state index in [0.717, 1.165) is 24.3 Å². The van der Waals surface area contributed by atoms with Crippen LogP contribution in [0, 0.1) is 6.92 Å². The van der Waals surface area contributed by atoms with Gasteiger partial charge in [-0.15, -0.1) is 0 Å². The molecule has 2 N–H and O–H groups in total. The van der Waals surface area contributed by atoms with Crippen LogP contribution in [-0.2, 0) is 11.3 Å². The molecular weight excluding hydrogens is 204 g/mol. The zero-order valence-electron chi connectivity index (χ0n) is 10.0. The molecule has 0 amide bonds. The SMILES string of the molecule is CCCOCCOc1cc(CN)cc(C)n1. The van der Waals surface area contributed by atoms with Crippen LogP contribution >= 0.6 is 0 Å². The van der Waals surface area contributed by atoms with E-state index < -0.39 is 0 Å². The molecule has 16 heavy (non-hydrogen) atoms. The number of ether oxygens (including phenoxy) is 2. The van der Waals surface area contributed by atoms with Gasteiger partial charge in [0.05, 0.1) is 6.61 Å². The molecule has 0 saturated carbocycles. The van der Waals surface area contributed by atoms with Gasteiger partial charge in [0.15, 0.2) is 0 Å². The molecule has 0 fully saturated rings. The molecule has 0 aromatic carbocycles. The fraction of sp³-hybridized carbons (Fsp3) is 0.583. The van der Waals surface area contributed by atoms with Gasteiger partial charge >= 0.3 is 0 Å². The average Bonchev–Trinajstić information content (AvgIpc) is 2.28. The number of hydrogen-bond donors (Lipinski definition) is 1. The summed E-state index contributed by atoms with van der Waals surface area (Å²) in [4.78, 5) is 4.27. The van der Waals surface area contributed by atoms with Crippen LogP contribution in [-0.4, -0.2) is 24.8 Å². The third-order valence-electron chi connectivity index (χ3n) is 2.05. The molecule has 4 heteroatoms. The molecule has 0 aliphatic carbocycles. The fourth-order valence-electron chi connectivity index (χ4n) is 1.35. The molecule has 0 aliphatic rings. The molecule has 0 saturated heterocycles. The Morgan fingerprint density at radius 1 is 1.25 bits per heavy atom. The molecule has 4 nitrogen and oxygen atoms in total. The summed E-state index contributed by atoms with van der Waals surface area (Å²) in [5, 5.41) is 0. The number of nitrogens with two attached hydrogens (primary N) is 1. The van der Waals surface area contributed by atoms with E-state index in [2.05, 4.69) is 11.9 Å². The zero-order chi connectivity index (χ0) is 11.8. The molecular formula is C12H20N2O2. The molecule has 90 valence electrons. The molecule has 0 spiro atoms. The van der Waals surface area contributed by atoms with Gasteiger partial charge in [0, 0.05) is 24.9 Å². The Labute approximate surface area is 96.8 Å². The summed E-state index contributed by atoms with van der Waals surface area (Å²) in [5.41, 5.74) is 7.54. The summed E-state index contributed by atoms with van der Waals surface area (Å²) in [6.45, 7) is 6.42. The number of hydrogen-bond acceptors (Lipinski definition) is 4. The molecule has 0 radical (unpaired) electrons. The van der Waals surface area contributed by atoms with Crippen molar-refractivity contribution in [3.8, 4) is 5.88 Å². The van der Waals surface area contributed by atoms with Crippen molar-refractivity contribution in [1.82, 2.24) is 4.98 Å². The minimum Gasteiger partial charge on any atom is -0.475 e. The fourth-order valence-corrected chi connectivity index (χ4v) is 1.35. The van der Waals surface area contributed by atoms with Crippen LogP contribution in [0.25, 0.3) is 0 Å². The number of aromatic nitrogens is 1. The first-order chi connectivity index (χ1) is 7.76. The first kappa shape index (κ1) is 12.9. The van der Waals surface area contributed by atoms with E-state index in [0.29, 0.717) is 25.6 Å². The number of nitrogens with zero attached hydrogens (tertiary/aromatic N) is 1. The van der Waals surface area contributed by atoms with Crippen molar-refractivity contribution >= 4 is 0 Å². The summed E-state index contributed by atoms with van der Waals surface area (Å²) in [5.74, 6) is 0.626. The standard InChI is InChI=1S/C12H20N2O2/c1-3-4-15-5-6-16-12-8-11(9-13)7-10(2)14-12/h7-8H,3-6,9,13H2,1-2H3. The maximum absolute atomic E-state index is 5.57. The van der Waals surface area contributed by atoms with Crippen LogP contribution in [0.2, 0.25) is 0 Å². The summed E-state index contributed by atoms with van der Waals surface area (Å²) in [6.07, 6.45) is 1.03. The maximum Gasteiger partial charge on any atom is 0.213 e. The van der Waals surface area contributed by atoms with Crippen LogP contribution in [0.5, 0.6) is 5.88 Å². The first-order valence-electron chi connectivity index (χ1n) is 5.64. The number of aryl methyl sites for hydroxylation is 1. The third-order valence-corrected chi connectivity index (χ3v) is 2.05. The van der Waals surface area contributed by atoms with E-state index in [1.165, 1.54) is 0 Å². The Hall–Kier alpha value is -1.13. The summed E-state index contributed by atoms with van der Waals surface area (Å²) >= 11 is 0. The normalized spacial score (nSPS) is 10.4. The van der Waals surface area contributed by atoms with Gasteiger partial charge in [-0.05, 0) is 25.0 Å². The van der Waals surface area contributed by atoms with Crippen LogP contribution in [0.3, 0.4) is 0 Å². The van der Waals surface area contributed by atoms with Crippen LogP contribution in [0.15, 0.2) is 12.1 Å². The lowest BCUT2D eigenvalue weighted by atomic mass is 10.2. The number of pyridine rings is 1. The van der Waals surface area contributed by atoms with Crippen molar-refractivity contribution in [2.45, 2.75) is 26.8 Å². The van der Waals surface area contributed by atoms with E-state index in [-0.39, 0.29) is 0 Å². The van der Waals surface area contributed by atoms with Gasteiger partial charge in [-0.25, -0.2) is 4.98 Å². The largest absolute Gasteiger partial charge is 0.475 e. The van der Waals surface area contributed by atoms with Crippen molar-refractivity contribution in [1.29, 1.82) is 0 Å². The lowest BCUT2D eigenvalue weighted by Gasteiger charge is -2.08. The molecule has 1 heterocycles. The lowest BCUT2D eigenvalue weighted by molar-refractivity contribution is 0.0989. The molecule has 0 aliphatic heterocycles. The molecule has 0 bridgehead atoms. The Kier molecular flexibility index (Phi) is 5.82. The van der Waals surface area contributed by atoms with Gasteiger partial charge in [0.2, 0.25) is 5.88 Å². The predicted octanol–water partition coefficient (Wildman–Crippen LogP) is 1.65. The van der Waals surface area contributed by atoms with E-state index in [9.17, 15) is 0 Å². The van der Waals surface area contributed by atoms with Gasteiger partial charge < -0.3 is 15.2 Å². The van der Waals surface area contributed by atoms with Crippen molar-refractivity contribution in [3.05, 3.63) is 23.4 Å². The van der Waals surface area contributed by atoms with Gasteiger partial charge in [0.25, 0.3) is 0 Å². The van der Waals surface area contributed by atoms with Crippen LogP contribution < -0.4 is 10.5 Å². The second-order valence-corrected chi connectivity index (χ2v) is 3.62. The third kappa shape index (κ3) is 4.59. The minimum absolute atomic E-state index is 0.506. The topological polar surface area (TPSA) is 57.4 Å². The Balaban J connectivity index is 2.38. The van der Waals surface area contributed by atoms with Crippen LogP contribution in [0.4, 0.5) is 0 Å². The molecule has 0 unspecified atom stereocenters. The van der Waals surface area contributed by atoms with Crippen molar-refractivity contribution < 1.29 is 9.47 Å². The smallest absolute Gasteiger partial charge is 0.213 e. The average molecular weight is 224 g/mol. The van der Waals surface area contributed by atoms with Crippen LogP contribution in [0.1, 0.15) is 24.6 Å². The number of rotatable bonds is 7. The van der Waals surface area contributed by atoms with E-state index >= 15 is 0 Å². The van der Waals surface area contributed by atoms with Crippen molar-refractivity contribution in [2.24, 2.45) is 5.73 Å². The van der Waals surface area contributed by atoms with Gasteiger partial charge in [0.1, 0.15) is 6.61 Å². The van der Waals surface area contributed by atoms with Crippen molar-refractivity contribution in [2.75, 3.05) is 19.8 Å². The Morgan fingerprint density at radius 2 is 2.06 bits per heavy atom. The van der Waals surface area contributed by atoms with Gasteiger partial charge in [-0.1, -0.05) is 6.92 Å². The maximum atomic E-state index is 5.57. The summed E-state index contributed by atoms with van der Waals surface area (Å²) in [6, 6.07) is 3.83. The second kappa shape index (κ2) is 7.19. The van der Waals surface area contributed by atoms with E-state index in [4.69, 9.17) is 15.2 Å². The summed E-state index contributed by atoms with van der Waals surface area (Å²) < 4.78 is 10.8. The second-order valence-electron chi connectivity index (χ2n) is 3.62. The Bertz CT molecular complexity index is 316. The highest BCUT2D eigenvalue weighted by atomic mass is 16.5. The minimum atomic E-state index is 0.506. The molecule has 1 aromatic heterocycles. The highest BCUT2D eigenvalue weighted by Gasteiger charge is 2.00. The summed E-state index contributed by atoms with van der Waals surface area (Å²) in [7, 11) is 0. The zero-order valence-corrected chi connectivity index (χ0v) is 10.0. The van der Waals surface area contributed by atoms with E-state index in [1.54, 1.807) is 0 Å². The monoisotopic (exact) mass is 224 g/mol. The molecule has 1 rings (SSSR count). The Morgan fingerprint density at radius 3 is 2.75 bits per heavy atom.